The molecule has 0 saturated heterocycles. The fourth-order valence-corrected chi connectivity index (χ4v) is 1.90. The lowest BCUT2D eigenvalue weighted by Crippen LogP contribution is -2.10. The molecule has 1 atom stereocenters. The number of allylic oxidation sites excluding steroid dienone is 3. The number of ketones is 1. The number of rotatable bonds is 1. The predicted octanol–water partition coefficient (Wildman–Crippen LogP) is 3.01. The average Bonchev–Trinajstić information content (AvgIpc) is 2.34. The van der Waals surface area contributed by atoms with E-state index in [0.717, 1.165) is 17.4 Å². The summed E-state index contributed by atoms with van der Waals surface area (Å²) >= 11 is 0. The summed E-state index contributed by atoms with van der Waals surface area (Å²) in [6.07, 6.45) is 3.17. The first-order chi connectivity index (χ1) is 7.38. The Bertz CT molecular complexity index is 414. The maximum absolute atomic E-state index is 11.6. The second-order valence-corrected chi connectivity index (χ2v) is 4.88. The van der Waals surface area contributed by atoms with E-state index < -0.39 is 0 Å². The molecular weight excluding hydrogens is 200 g/mol. The van der Waals surface area contributed by atoms with Crippen LogP contribution in [0.2, 0.25) is 0 Å². The van der Waals surface area contributed by atoms with Crippen molar-refractivity contribution in [2.75, 3.05) is 0 Å². The maximum Gasteiger partial charge on any atom is 0.160 e. The van der Waals surface area contributed by atoms with Crippen LogP contribution in [0.5, 0.6) is 0 Å². The molecule has 0 aromatic carbocycles. The Balaban J connectivity index is 3.00. The molecular formula is C14H18O2. The Hall–Kier alpha value is -1.49. The first kappa shape index (κ1) is 12.6. The van der Waals surface area contributed by atoms with Gasteiger partial charge in [0.2, 0.25) is 0 Å². The van der Waals surface area contributed by atoms with Crippen molar-refractivity contribution in [3.05, 3.63) is 23.5 Å². The maximum atomic E-state index is 11.6. The van der Waals surface area contributed by atoms with Crippen LogP contribution in [0.25, 0.3) is 0 Å². The Labute approximate surface area is 97.1 Å². The number of carbonyl (C=O) groups excluding carboxylic acids is 1. The van der Waals surface area contributed by atoms with Gasteiger partial charge in [-0.1, -0.05) is 25.7 Å². The highest BCUT2D eigenvalue weighted by atomic mass is 16.2. The van der Waals surface area contributed by atoms with Crippen molar-refractivity contribution in [3.8, 4) is 11.8 Å². The van der Waals surface area contributed by atoms with Gasteiger partial charge >= 0.3 is 0 Å². The summed E-state index contributed by atoms with van der Waals surface area (Å²) in [5, 5.41) is 8.61. The second-order valence-electron chi connectivity index (χ2n) is 4.88. The molecule has 2 heteroatoms. The van der Waals surface area contributed by atoms with Gasteiger partial charge in [-0.15, -0.1) is 0 Å². The zero-order valence-electron chi connectivity index (χ0n) is 10.3. The standard InChI is InChI=1S/C14H18O2/c1-10(7-8-15)5-6-12-11(2)13(16)9-14(12,3)4/h7-8,10,15H,9H2,1-4H3/b8-7+. The van der Waals surface area contributed by atoms with Gasteiger partial charge in [-0.25, -0.2) is 0 Å². The van der Waals surface area contributed by atoms with E-state index >= 15 is 0 Å². The quantitative estimate of drug-likeness (QED) is 0.542. The molecule has 0 aromatic heterocycles. The Morgan fingerprint density at radius 3 is 2.56 bits per heavy atom. The van der Waals surface area contributed by atoms with Crippen molar-refractivity contribution in [3.63, 3.8) is 0 Å². The van der Waals surface area contributed by atoms with Crippen LogP contribution in [-0.2, 0) is 4.79 Å². The molecule has 0 saturated carbocycles. The molecule has 0 aromatic rings. The van der Waals surface area contributed by atoms with Crippen LogP contribution in [0.1, 0.15) is 34.1 Å². The molecule has 0 spiro atoms. The molecule has 0 radical (unpaired) electrons. The third-order valence-electron chi connectivity index (χ3n) is 2.87. The third-order valence-corrected chi connectivity index (χ3v) is 2.87. The van der Waals surface area contributed by atoms with Gasteiger partial charge in [-0.3, -0.25) is 4.79 Å². The van der Waals surface area contributed by atoms with Gasteiger partial charge in [0.25, 0.3) is 0 Å². The average molecular weight is 218 g/mol. The minimum Gasteiger partial charge on any atom is -0.516 e. The van der Waals surface area contributed by atoms with Gasteiger partial charge in [0.15, 0.2) is 5.78 Å². The van der Waals surface area contributed by atoms with Gasteiger partial charge in [-0.2, -0.15) is 0 Å². The molecule has 1 rings (SSSR count). The molecule has 86 valence electrons. The van der Waals surface area contributed by atoms with E-state index in [2.05, 4.69) is 11.8 Å². The fourth-order valence-electron chi connectivity index (χ4n) is 1.90. The van der Waals surface area contributed by atoms with Crippen LogP contribution < -0.4 is 0 Å². The highest BCUT2D eigenvalue weighted by Gasteiger charge is 2.35. The van der Waals surface area contributed by atoms with Gasteiger partial charge in [0.05, 0.1) is 6.26 Å². The van der Waals surface area contributed by atoms with E-state index in [4.69, 9.17) is 5.11 Å². The second kappa shape index (κ2) is 4.57. The summed E-state index contributed by atoms with van der Waals surface area (Å²) in [6, 6.07) is 0. The number of aliphatic hydroxyl groups is 1. The van der Waals surface area contributed by atoms with Crippen molar-refractivity contribution in [2.24, 2.45) is 11.3 Å². The zero-order chi connectivity index (χ0) is 12.3. The van der Waals surface area contributed by atoms with Crippen molar-refractivity contribution >= 4 is 5.78 Å². The van der Waals surface area contributed by atoms with Crippen molar-refractivity contribution in [1.82, 2.24) is 0 Å². The summed E-state index contributed by atoms with van der Waals surface area (Å²) in [5.74, 6) is 6.30. The summed E-state index contributed by atoms with van der Waals surface area (Å²) in [4.78, 5) is 11.6. The minimum absolute atomic E-state index is 0.00296. The first-order valence-corrected chi connectivity index (χ1v) is 5.45. The normalized spacial score (nSPS) is 21.1. The Kier molecular flexibility index (Phi) is 3.59. The van der Waals surface area contributed by atoms with Gasteiger partial charge < -0.3 is 5.11 Å². The molecule has 0 aliphatic heterocycles. The fraction of sp³-hybridized carbons (Fsp3) is 0.500. The van der Waals surface area contributed by atoms with E-state index in [1.54, 1.807) is 6.08 Å². The van der Waals surface area contributed by atoms with Gasteiger partial charge in [0.1, 0.15) is 0 Å². The van der Waals surface area contributed by atoms with Crippen LogP contribution >= 0.6 is 0 Å². The Morgan fingerprint density at radius 1 is 1.50 bits per heavy atom. The van der Waals surface area contributed by atoms with E-state index in [0.29, 0.717) is 6.42 Å². The van der Waals surface area contributed by atoms with E-state index in [1.165, 1.54) is 0 Å². The number of carbonyl (C=O) groups is 1. The van der Waals surface area contributed by atoms with E-state index in [1.807, 2.05) is 27.7 Å². The van der Waals surface area contributed by atoms with Gasteiger partial charge in [0, 0.05) is 28.9 Å². The lowest BCUT2D eigenvalue weighted by atomic mass is 9.85. The SMILES string of the molecule is CC1=C(C#CC(C)/C=C/O)C(C)(C)CC1=O. The number of hydrogen-bond donors (Lipinski definition) is 1. The molecule has 1 N–H and O–H groups in total. The van der Waals surface area contributed by atoms with Gasteiger partial charge in [-0.05, 0) is 19.9 Å². The highest BCUT2D eigenvalue weighted by Crippen LogP contribution is 2.39. The van der Waals surface area contributed by atoms with Crippen LogP contribution in [0.3, 0.4) is 0 Å². The smallest absolute Gasteiger partial charge is 0.160 e. The van der Waals surface area contributed by atoms with Crippen LogP contribution in [0, 0.1) is 23.2 Å². The van der Waals surface area contributed by atoms with Crippen molar-refractivity contribution < 1.29 is 9.90 Å². The lowest BCUT2D eigenvalue weighted by molar-refractivity contribution is -0.115. The lowest BCUT2D eigenvalue weighted by Gasteiger charge is -2.17. The molecule has 16 heavy (non-hydrogen) atoms. The van der Waals surface area contributed by atoms with Crippen LogP contribution in [0.15, 0.2) is 23.5 Å². The molecule has 1 aliphatic carbocycles. The molecule has 2 nitrogen and oxygen atoms in total. The third kappa shape index (κ3) is 2.55. The summed E-state index contributed by atoms with van der Waals surface area (Å²) < 4.78 is 0. The summed E-state index contributed by atoms with van der Waals surface area (Å²) in [6.45, 7) is 7.82. The molecule has 0 amide bonds. The van der Waals surface area contributed by atoms with E-state index in [9.17, 15) is 4.79 Å². The summed E-state index contributed by atoms with van der Waals surface area (Å²) in [7, 11) is 0. The first-order valence-electron chi connectivity index (χ1n) is 5.45. The van der Waals surface area contributed by atoms with Crippen molar-refractivity contribution in [1.29, 1.82) is 0 Å². The minimum atomic E-state index is -0.142. The topological polar surface area (TPSA) is 37.3 Å². The summed E-state index contributed by atoms with van der Waals surface area (Å²) in [5.41, 5.74) is 1.59. The van der Waals surface area contributed by atoms with Crippen LogP contribution in [-0.4, -0.2) is 10.9 Å². The number of aliphatic hydroxyl groups excluding tert-OH is 1. The predicted molar refractivity (Wildman–Crippen MR) is 64.8 cm³/mol. The highest BCUT2D eigenvalue weighted by molar-refractivity contribution is 6.00. The monoisotopic (exact) mass is 218 g/mol. The Morgan fingerprint density at radius 2 is 2.12 bits per heavy atom. The number of hydrogen-bond acceptors (Lipinski definition) is 2. The molecule has 0 bridgehead atoms. The van der Waals surface area contributed by atoms with Crippen LogP contribution in [0.4, 0.5) is 0 Å². The number of Topliss-reactive ketones (excluding diaryl/α,β-unsaturated/α-hetero) is 1. The zero-order valence-corrected chi connectivity index (χ0v) is 10.3. The van der Waals surface area contributed by atoms with Crippen molar-refractivity contribution in [2.45, 2.75) is 34.1 Å². The molecule has 0 heterocycles. The molecule has 0 fully saturated rings. The molecule has 1 aliphatic rings. The van der Waals surface area contributed by atoms with E-state index in [-0.39, 0.29) is 17.1 Å². The largest absolute Gasteiger partial charge is 0.516 e. The molecule has 1 unspecified atom stereocenters.